The third-order valence-electron chi connectivity index (χ3n) is 2.93. The molecule has 1 heterocycles. The van der Waals surface area contributed by atoms with Crippen molar-refractivity contribution >= 4 is 5.69 Å². The van der Waals surface area contributed by atoms with Gasteiger partial charge in [0.05, 0.1) is 5.69 Å². The second-order valence-corrected chi connectivity index (χ2v) is 5.02. The van der Waals surface area contributed by atoms with Crippen molar-refractivity contribution in [3.8, 4) is 5.69 Å². The number of hydrogen-bond donors (Lipinski definition) is 1. The quantitative estimate of drug-likeness (QED) is 0.826. The van der Waals surface area contributed by atoms with E-state index in [1.807, 2.05) is 0 Å². The molecule has 0 atom stereocenters. The second kappa shape index (κ2) is 5.69. The molecular weight excluding hydrogens is 242 g/mol. The van der Waals surface area contributed by atoms with E-state index in [4.69, 9.17) is 5.73 Å². The number of nitrogen functional groups attached to an aromatic ring is 1. The van der Waals surface area contributed by atoms with Gasteiger partial charge < -0.3 is 5.73 Å². The van der Waals surface area contributed by atoms with E-state index in [9.17, 15) is 4.79 Å². The van der Waals surface area contributed by atoms with Crippen molar-refractivity contribution in [2.45, 2.75) is 33.2 Å². The Bertz CT molecular complexity index is 582. The molecule has 0 unspecified atom stereocenters. The topological polar surface area (TPSA) is 78.7 Å². The first-order valence-corrected chi connectivity index (χ1v) is 6.46. The van der Waals surface area contributed by atoms with Gasteiger partial charge in [-0.3, -0.25) is 0 Å². The van der Waals surface area contributed by atoms with E-state index in [0.717, 1.165) is 12.8 Å². The fraction of sp³-hybridized carbons (Fsp3) is 0.462. The number of aryl methyl sites for hydroxylation is 1. The van der Waals surface area contributed by atoms with Gasteiger partial charge in [0.25, 0.3) is 0 Å². The first-order chi connectivity index (χ1) is 9.08. The second-order valence-electron chi connectivity index (χ2n) is 5.02. The highest BCUT2D eigenvalue weighted by Crippen LogP contribution is 2.07. The molecule has 0 amide bonds. The number of rotatable bonds is 5. The average molecular weight is 261 g/mol. The van der Waals surface area contributed by atoms with Gasteiger partial charge in [0, 0.05) is 12.2 Å². The molecule has 0 fully saturated rings. The summed E-state index contributed by atoms with van der Waals surface area (Å²) in [6, 6.07) is 6.98. The Morgan fingerprint density at radius 3 is 2.53 bits per heavy atom. The van der Waals surface area contributed by atoms with E-state index < -0.39 is 0 Å². The first kappa shape index (κ1) is 13.3. The maximum Gasteiger partial charge on any atom is 0.368 e. The van der Waals surface area contributed by atoms with E-state index in [1.165, 1.54) is 9.36 Å². The lowest BCUT2D eigenvalue weighted by Gasteiger charge is -2.02. The van der Waals surface area contributed by atoms with Crippen molar-refractivity contribution in [1.82, 2.24) is 19.8 Å². The van der Waals surface area contributed by atoms with Crippen LogP contribution in [-0.2, 0) is 6.54 Å². The van der Waals surface area contributed by atoms with Crippen molar-refractivity contribution in [2.75, 3.05) is 5.73 Å². The smallest absolute Gasteiger partial charge is 0.368 e. The molecule has 1 aromatic heterocycles. The Morgan fingerprint density at radius 1 is 1.21 bits per heavy atom. The highest BCUT2D eigenvalue weighted by atomic mass is 16.2. The molecule has 0 saturated heterocycles. The highest BCUT2D eigenvalue weighted by molar-refractivity contribution is 5.44. The lowest BCUT2D eigenvalue weighted by atomic mass is 10.1. The van der Waals surface area contributed by atoms with Crippen molar-refractivity contribution in [3.63, 3.8) is 0 Å². The normalized spacial score (nSPS) is 11.1. The fourth-order valence-corrected chi connectivity index (χ4v) is 1.84. The number of aromatic nitrogens is 4. The Kier molecular flexibility index (Phi) is 3.99. The number of benzene rings is 1. The van der Waals surface area contributed by atoms with Gasteiger partial charge in [0.15, 0.2) is 0 Å². The van der Waals surface area contributed by atoms with Crippen LogP contribution >= 0.6 is 0 Å². The Morgan fingerprint density at radius 2 is 1.89 bits per heavy atom. The SMILES string of the molecule is CC(C)CCCn1nnn(-c2ccc(N)cc2)c1=O. The zero-order valence-corrected chi connectivity index (χ0v) is 11.3. The lowest BCUT2D eigenvalue weighted by Crippen LogP contribution is -2.24. The molecule has 6 nitrogen and oxygen atoms in total. The van der Waals surface area contributed by atoms with Crippen LogP contribution in [-0.4, -0.2) is 19.8 Å². The van der Waals surface area contributed by atoms with E-state index in [0.29, 0.717) is 23.8 Å². The van der Waals surface area contributed by atoms with Crippen LogP contribution in [0, 0.1) is 5.92 Å². The minimum absolute atomic E-state index is 0.214. The van der Waals surface area contributed by atoms with Crippen LogP contribution < -0.4 is 11.4 Å². The summed E-state index contributed by atoms with van der Waals surface area (Å²) < 4.78 is 2.69. The number of hydrogen-bond acceptors (Lipinski definition) is 4. The van der Waals surface area contributed by atoms with Crippen LogP contribution in [0.2, 0.25) is 0 Å². The molecule has 6 heteroatoms. The molecule has 0 spiro atoms. The summed E-state index contributed by atoms with van der Waals surface area (Å²) in [5, 5.41) is 7.79. The standard InChI is InChI=1S/C13H19N5O/c1-10(2)4-3-9-17-13(19)18(16-15-17)12-7-5-11(14)6-8-12/h5-8,10H,3-4,9,14H2,1-2H3. The van der Waals surface area contributed by atoms with Crippen molar-refractivity contribution < 1.29 is 0 Å². The molecular formula is C13H19N5O. The lowest BCUT2D eigenvalue weighted by molar-refractivity contribution is 0.475. The van der Waals surface area contributed by atoms with Crippen molar-refractivity contribution in [1.29, 1.82) is 0 Å². The number of anilines is 1. The average Bonchev–Trinajstić information content (AvgIpc) is 2.72. The van der Waals surface area contributed by atoms with E-state index in [-0.39, 0.29) is 5.69 Å². The third-order valence-corrected chi connectivity index (χ3v) is 2.93. The van der Waals surface area contributed by atoms with E-state index >= 15 is 0 Å². The minimum Gasteiger partial charge on any atom is -0.399 e. The predicted octanol–water partition coefficient (Wildman–Crippen LogP) is 1.45. The molecule has 2 N–H and O–H groups in total. The summed E-state index contributed by atoms with van der Waals surface area (Å²) in [4.78, 5) is 12.1. The summed E-state index contributed by atoms with van der Waals surface area (Å²) in [5.74, 6) is 0.628. The fourth-order valence-electron chi connectivity index (χ4n) is 1.84. The number of nitrogens with zero attached hydrogens (tertiary/aromatic N) is 4. The van der Waals surface area contributed by atoms with Crippen LogP contribution in [0.15, 0.2) is 29.1 Å². The molecule has 0 aliphatic carbocycles. The molecule has 2 rings (SSSR count). The molecule has 102 valence electrons. The Balaban J connectivity index is 2.14. The third kappa shape index (κ3) is 3.21. The van der Waals surface area contributed by atoms with Crippen LogP contribution in [0.1, 0.15) is 26.7 Å². The molecule has 0 aliphatic rings. The maximum atomic E-state index is 12.1. The van der Waals surface area contributed by atoms with Crippen LogP contribution in [0.25, 0.3) is 5.69 Å². The van der Waals surface area contributed by atoms with Gasteiger partial charge in [-0.2, -0.15) is 9.36 Å². The van der Waals surface area contributed by atoms with Crippen molar-refractivity contribution in [2.24, 2.45) is 5.92 Å². The zero-order valence-electron chi connectivity index (χ0n) is 11.3. The predicted molar refractivity (Wildman–Crippen MR) is 74.1 cm³/mol. The van der Waals surface area contributed by atoms with Gasteiger partial charge in [0.1, 0.15) is 0 Å². The molecule has 0 saturated carbocycles. The molecule has 2 aromatic rings. The van der Waals surface area contributed by atoms with Gasteiger partial charge in [0.2, 0.25) is 0 Å². The molecule has 0 aliphatic heterocycles. The Labute approximate surface area is 111 Å². The largest absolute Gasteiger partial charge is 0.399 e. The summed E-state index contributed by atoms with van der Waals surface area (Å²) >= 11 is 0. The first-order valence-electron chi connectivity index (χ1n) is 6.46. The monoisotopic (exact) mass is 261 g/mol. The van der Waals surface area contributed by atoms with Crippen LogP contribution in [0.4, 0.5) is 5.69 Å². The van der Waals surface area contributed by atoms with E-state index in [1.54, 1.807) is 24.3 Å². The molecule has 1 aromatic carbocycles. The van der Waals surface area contributed by atoms with Gasteiger partial charge >= 0.3 is 5.69 Å². The Hall–Kier alpha value is -2.11. The molecule has 19 heavy (non-hydrogen) atoms. The van der Waals surface area contributed by atoms with Gasteiger partial charge in [-0.15, -0.1) is 0 Å². The van der Waals surface area contributed by atoms with Gasteiger partial charge in [-0.05, 0) is 53.5 Å². The minimum atomic E-state index is -0.214. The summed E-state index contributed by atoms with van der Waals surface area (Å²) in [5.41, 5.74) is 6.73. The van der Waals surface area contributed by atoms with Crippen LogP contribution in [0.5, 0.6) is 0 Å². The zero-order chi connectivity index (χ0) is 13.8. The molecule has 0 radical (unpaired) electrons. The van der Waals surface area contributed by atoms with E-state index in [2.05, 4.69) is 24.3 Å². The van der Waals surface area contributed by atoms with Gasteiger partial charge in [-0.1, -0.05) is 13.8 Å². The van der Waals surface area contributed by atoms with Crippen molar-refractivity contribution in [3.05, 3.63) is 34.7 Å². The summed E-state index contributed by atoms with van der Waals surface area (Å²) in [6.07, 6.45) is 2.00. The molecule has 0 bridgehead atoms. The highest BCUT2D eigenvalue weighted by Gasteiger charge is 2.08. The summed E-state index contributed by atoms with van der Waals surface area (Å²) in [7, 11) is 0. The summed E-state index contributed by atoms with van der Waals surface area (Å²) in [6.45, 7) is 4.92. The van der Waals surface area contributed by atoms with Crippen LogP contribution in [0.3, 0.4) is 0 Å². The maximum absolute atomic E-state index is 12.1. The van der Waals surface area contributed by atoms with Gasteiger partial charge in [-0.25, -0.2) is 4.79 Å². The number of tetrazole rings is 1. The number of nitrogens with two attached hydrogens (primary N) is 1.